The number of nitrogens with two attached hydrogens (primary N) is 1. The van der Waals surface area contributed by atoms with Gasteiger partial charge in [0.25, 0.3) is 0 Å². The Morgan fingerprint density at radius 3 is 2.44 bits per heavy atom. The third-order valence-electron chi connectivity index (χ3n) is 2.00. The zero-order valence-corrected chi connectivity index (χ0v) is 5.60. The van der Waals surface area contributed by atoms with Crippen molar-refractivity contribution in [2.75, 3.05) is 6.54 Å². The number of ketones is 1. The van der Waals surface area contributed by atoms with Crippen molar-refractivity contribution in [3.05, 3.63) is 0 Å². The summed E-state index contributed by atoms with van der Waals surface area (Å²) in [6, 6.07) is 0. The van der Waals surface area contributed by atoms with Crippen LogP contribution in [0.3, 0.4) is 0 Å². The van der Waals surface area contributed by atoms with Crippen molar-refractivity contribution in [1.29, 1.82) is 0 Å². The Morgan fingerprint density at radius 2 is 2.00 bits per heavy atom. The van der Waals surface area contributed by atoms with Crippen molar-refractivity contribution < 1.29 is 4.79 Å². The quantitative estimate of drug-likeness (QED) is 0.563. The van der Waals surface area contributed by atoms with Crippen LogP contribution in [0.5, 0.6) is 0 Å². The maximum atomic E-state index is 10.7. The van der Waals surface area contributed by atoms with E-state index >= 15 is 0 Å². The fourth-order valence-corrected chi connectivity index (χ4v) is 1.24. The number of carbonyl (C=O) groups is 1. The first kappa shape index (κ1) is 6.75. The summed E-state index contributed by atoms with van der Waals surface area (Å²) < 4.78 is 0. The molecule has 52 valence electrons. The van der Waals surface area contributed by atoms with Gasteiger partial charge >= 0.3 is 0 Å². The van der Waals surface area contributed by atoms with E-state index in [2.05, 4.69) is 0 Å². The molecule has 0 heterocycles. The van der Waals surface area contributed by atoms with Crippen LogP contribution < -0.4 is 5.73 Å². The van der Waals surface area contributed by atoms with Gasteiger partial charge in [-0.1, -0.05) is 0 Å². The summed E-state index contributed by atoms with van der Waals surface area (Å²) in [6.45, 7) is 0.757. The zero-order valence-electron chi connectivity index (χ0n) is 5.60. The third kappa shape index (κ3) is 1.79. The topological polar surface area (TPSA) is 43.1 Å². The highest BCUT2D eigenvalue weighted by atomic mass is 16.1. The van der Waals surface area contributed by atoms with Crippen LogP contribution in [0.1, 0.15) is 25.7 Å². The van der Waals surface area contributed by atoms with Gasteiger partial charge in [-0.15, -0.1) is 0 Å². The summed E-state index contributed by atoms with van der Waals surface area (Å²) in [7, 11) is 0. The summed E-state index contributed by atoms with van der Waals surface area (Å²) in [5, 5.41) is 0. The molecule has 0 radical (unpaired) electrons. The lowest BCUT2D eigenvalue weighted by Crippen LogP contribution is -2.20. The van der Waals surface area contributed by atoms with Crippen LogP contribution in [-0.4, -0.2) is 12.3 Å². The van der Waals surface area contributed by atoms with Gasteiger partial charge in [0.05, 0.1) is 0 Å². The second-order valence-electron chi connectivity index (χ2n) is 2.72. The van der Waals surface area contributed by atoms with Crippen molar-refractivity contribution in [3.63, 3.8) is 0 Å². The van der Waals surface area contributed by atoms with Crippen LogP contribution in [0.15, 0.2) is 0 Å². The maximum Gasteiger partial charge on any atom is 0.132 e. The molecule has 1 aliphatic carbocycles. The summed E-state index contributed by atoms with van der Waals surface area (Å²) >= 11 is 0. The van der Waals surface area contributed by atoms with Crippen LogP contribution in [0, 0.1) is 5.92 Å². The molecule has 1 fully saturated rings. The molecule has 0 aromatic carbocycles. The normalized spacial score (nSPS) is 22.6. The molecule has 0 aromatic rings. The first-order valence-electron chi connectivity index (χ1n) is 3.54. The average molecular weight is 127 g/mol. The molecule has 0 saturated heterocycles. The first-order chi connectivity index (χ1) is 4.33. The Bertz CT molecular complexity index is 101. The van der Waals surface area contributed by atoms with E-state index in [0.717, 1.165) is 32.2 Å². The lowest BCUT2D eigenvalue weighted by atomic mass is 9.89. The lowest BCUT2D eigenvalue weighted by Gasteiger charge is -2.18. The van der Waals surface area contributed by atoms with E-state index in [1.807, 2.05) is 0 Å². The Balaban J connectivity index is 2.26. The summed E-state index contributed by atoms with van der Waals surface area (Å²) in [4.78, 5) is 10.7. The van der Waals surface area contributed by atoms with Crippen molar-refractivity contribution >= 4 is 5.78 Å². The molecule has 0 atom stereocenters. The monoisotopic (exact) mass is 127 g/mol. The van der Waals surface area contributed by atoms with E-state index in [-0.39, 0.29) is 0 Å². The Morgan fingerprint density at radius 1 is 1.44 bits per heavy atom. The van der Waals surface area contributed by atoms with E-state index in [0.29, 0.717) is 11.7 Å². The highest BCUT2D eigenvalue weighted by Gasteiger charge is 2.16. The van der Waals surface area contributed by atoms with Crippen molar-refractivity contribution in [1.82, 2.24) is 0 Å². The van der Waals surface area contributed by atoms with Gasteiger partial charge < -0.3 is 5.73 Å². The summed E-state index contributed by atoms with van der Waals surface area (Å²) in [6.07, 6.45) is 3.58. The Hall–Kier alpha value is -0.370. The minimum Gasteiger partial charge on any atom is -0.330 e. The minimum absolute atomic E-state index is 0.416. The molecule has 1 aliphatic rings. The molecule has 0 amide bonds. The summed E-state index contributed by atoms with van der Waals surface area (Å²) in [5.41, 5.74) is 5.44. The van der Waals surface area contributed by atoms with Crippen molar-refractivity contribution in [3.8, 4) is 0 Å². The van der Waals surface area contributed by atoms with E-state index in [1.165, 1.54) is 0 Å². The second-order valence-corrected chi connectivity index (χ2v) is 2.72. The molecule has 1 saturated carbocycles. The Labute approximate surface area is 55.4 Å². The lowest BCUT2D eigenvalue weighted by molar-refractivity contribution is -0.120. The predicted molar refractivity (Wildman–Crippen MR) is 36.0 cm³/mol. The van der Waals surface area contributed by atoms with Crippen LogP contribution >= 0.6 is 0 Å². The van der Waals surface area contributed by atoms with Gasteiger partial charge in [-0.2, -0.15) is 0 Å². The highest BCUT2D eigenvalue weighted by Crippen LogP contribution is 2.19. The van der Waals surface area contributed by atoms with Gasteiger partial charge in [-0.25, -0.2) is 0 Å². The molecule has 0 unspecified atom stereocenters. The number of carbonyl (C=O) groups excluding carboxylic acids is 1. The predicted octanol–water partition coefficient (Wildman–Crippen LogP) is 0.704. The molecule has 0 aromatic heterocycles. The number of rotatable bonds is 1. The van der Waals surface area contributed by atoms with Crippen LogP contribution in [0.4, 0.5) is 0 Å². The van der Waals surface area contributed by atoms with Gasteiger partial charge in [0.1, 0.15) is 5.78 Å². The maximum absolute atomic E-state index is 10.7. The highest BCUT2D eigenvalue weighted by molar-refractivity contribution is 5.78. The molecule has 2 N–H and O–H groups in total. The molecule has 1 rings (SSSR count). The fraction of sp³-hybridized carbons (Fsp3) is 0.857. The third-order valence-corrected chi connectivity index (χ3v) is 2.00. The van der Waals surface area contributed by atoms with E-state index < -0.39 is 0 Å². The molecule has 0 bridgehead atoms. The van der Waals surface area contributed by atoms with E-state index in [4.69, 9.17) is 5.73 Å². The number of hydrogen-bond acceptors (Lipinski definition) is 2. The van der Waals surface area contributed by atoms with Crippen molar-refractivity contribution in [2.24, 2.45) is 11.7 Å². The Kier molecular flexibility index (Phi) is 2.22. The SMILES string of the molecule is NCC1CCC(=O)CC1. The minimum atomic E-state index is 0.416. The molecular weight excluding hydrogens is 114 g/mol. The molecule has 2 heteroatoms. The van der Waals surface area contributed by atoms with Gasteiger partial charge in [-0.05, 0) is 25.3 Å². The standard InChI is InChI=1S/C7H13NO/c8-5-6-1-3-7(9)4-2-6/h6H,1-5,8H2. The number of Topliss-reactive ketones (excluding diaryl/α,β-unsaturated/α-hetero) is 1. The molecule has 2 nitrogen and oxygen atoms in total. The zero-order chi connectivity index (χ0) is 6.69. The molecular formula is C7H13NO. The van der Waals surface area contributed by atoms with E-state index in [9.17, 15) is 4.79 Å². The van der Waals surface area contributed by atoms with Crippen LogP contribution in [0.25, 0.3) is 0 Å². The van der Waals surface area contributed by atoms with E-state index in [1.54, 1.807) is 0 Å². The van der Waals surface area contributed by atoms with Crippen molar-refractivity contribution in [2.45, 2.75) is 25.7 Å². The molecule has 9 heavy (non-hydrogen) atoms. The fourth-order valence-electron chi connectivity index (χ4n) is 1.24. The largest absolute Gasteiger partial charge is 0.330 e. The smallest absolute Gasteiger partial charge is 0.132 e. The van der Waals surface area contributed by atoms with Gasteiger partial charge in [-0.3, -0.25) is 4.79 Å². The van der Waals surface area contributed by atoms with Gasteiger partial charge in [0.2, 0.25) is 0 Å². The average Bonchev–Trinajstić information content (AvgIpc) is 1.90. The van der Waals surface area contributed by atoms with Crippen LogP contribution in [0.2, 0.25) is 0 Å². The number of hydrogen-bond donors (Lipinski definition) is 1. The second kappa shape index (κ2) is 2.97. The van der Waals surface area contributed by atoms with Crippen LogP contribution in [-0.2, 0) is 4.79 Å². The van der Waals surface area contributed by atoms with Gasteiger partial charge in [0, 0.05) is 12.8 Å². The first-order valence-corrected chi connectivity index (χ1v) is 3.54. The summed E-state index contributed by atoms with van der Waals surface area (Å²) in [5.74, 6) is 1.04. The molecule has 0 spiro atoms. The van der Waals surface area contributed by atoms with Gasteiger partial charge in [0.15, 0.2) is 0 Å². The molecule has 0 aliphatic heterocycles.